The van der Waals surface area contributed by atoms with E-state index in [1.807, 2.05) is 0 Å². The summed E-state index contributed by atoms with van der Waals surface area (Å²) in [7, 11) is -3.55. The second-order valence-electron chi connectivity index (χ2n) is 6.03. The van der Waals surface area contributed by atoms with Crippen LogP contribution in [0.15, 0.2) is 27.9 Å². The molecule has 0 amide bonds. The van der Waals surface area contributed by atoms with Crippen molar-refractivity contribution in [3.05, 3.63) is 18.6 Å². The van der Waals surface area contributed by atoms with E-state index in [0.717, 1.165) is 25.7 Å². The molecule has 118 valence electrons. The lowest BCUT2D eigenvalue weighted by atomic mass is 9.76. The van der Waals surface area contributed by atoms with Gasteiger partial charge < -0.3 is 14.3 Å². The van der Waals surface area contributed by atoms with Crippen LogP contribution >= 0.6 is 0 Å². The summed E-state index contributed by atoms with van der Waals surface area (Å²) in [6.07, 6.45) is 5.57. The standard InChI is InChI=1S/C14H21NO5S/c16-13-11(1-3-14(13)4-7-19-8-5-14)9-15-21(17,18)12-2-6-20-10-12/h2,6,10-11,13,15-16H,1,3-5,7-9H2. The number of hydrogen-bond acceptors (Lipinski definition) is 5. The summed E-state index contributed by atoms with van der Waals surface area (Å²) in [5.41, 5.74) is -0.0794. The number of ether oxygens (including phenoxy) is 1. The van der Waals surface area contributed by atoms with Crippen molar-refractivity contribution in [3.8, 4) is 0 Å². The molecule has 6 nitrogen and oxygen atoms in total. The lowest BCUT2D eigenvalue weighted by Gasteiger charge is -2.37. The van der Waals surface area contributed by atoms with E-state index in [1.165, 1.54) is 18.6 Å². The summed E-state index contributed by atoms with van der Waals surface area (Å²) >= 11 is 0. The SMILES string of the molecule is O=S(=O)(NCC1CCC2(CCOCC2)C1O)c1ccoc1. The van der Waals surface area contributed by atoms with E-state index in [9.17, 15) is 13.5 Å². The van der Waals surface area contributed by atoms with E-state index in [-0.39, 0.29) is 22.8 Å². The van der Waals surface area contributed by atoms with Crippen LogP contribution in [0.25, 0.3) is 0 Å². The Kier molecular flexibility index (Phi) is 4.09. The Morgan fingerprint density at radius 1 is 1.33 bits per heavy atom. The first-order valence-corrected chi connectivity index (χ1v) is 8.80. The van der Waals surface area contributed by atoms with Crippen LogP contribution in [-0.2, 0) is 14.8 Å². The molecule has 0 bridgehead atoms. The number of sulfonamides is 1. The minimum atomic E-state index is -3.55. The van der Waals surface area contributed by atoms with Crippen LogP contribution in [0.5, 0.6) is 0 Å². The third kappa shape index (κ3) is 2.88. The highest BCUT2D eigenvalue weighted by Crippen LogP contribution is 2.48. The van der Waals surface area contributed by atoms with Crippen LogP contribution in [0.4, 0.5) is 0 Å². The lowest BCUT2D eigenvalue weighted by Crippen LogP contribution is -2.41. The second kappa shape index (κ2) is 5.72. The molecule has 1 saturated carbocycles. The second-order valence-corrected chi connectivity index (χ2v) is 7.80. The van der Waals surface area contributed by atoms with Crippen LogP contribution in [0.3, 0.4) is 0 Å². The van der Waals surface area contributed by atoms with Gasteiger partial charge in [0.25, 0.3) is 0 Å². The molecule has 1 aromatic heterocycles. The summed E-state index contributed by atoms with van der Waals surface area (Å²) in [6.45, 7) is 1.63. The zero-order valence-electron chi connectivity index (χ0n) is 11.8. The van der Waals surface area contributed by atoms with E-state index >= 15 is 0 Å². The zero-order chi connectivity index (χ0) is 14.9. The van der Waals surface area contributed by atoms with E-state index < -0.39 is 16.1 Å². The minimum Gasteiger partial charge on any atom is -0.471 e. The van der Waals surface area contributed by atoms with E-state index in [2.05, 4.69) is 4.72 Å². The molecule has 2 heterocycles. The maximum atomic E-state index is 12.1. The molecule has 21 heavy (non-hydrogen) atoms. The fraction of sp³-hybridized carbons (Fsp3) is 0.714. The predicted octanol–water partition coefficient (Wildman–Crippen LogP) is 1.13. The largest absolute Gasteiger partial charge is 0.471 e. The van der Waals surface area contributed by atoms with Crippen molar-refractivity contribution < 1.29 is 22.7 Å². The molecule has 1 spiro atoms. The third-order valence-corrected chi connectivity index (χ3v) is 6.32. The van der Waals surface area contributed by atoms with Gasteiger partial charge in [-0.25, -0.2) is 13.1 Å². The number of aliphatic hydroxyl groups excluding tert-OH is 1. The summed E-state index contributed by atoms with van der Waals surface area (Å²) < 4.78 is 36.9. The Bertz CT molecular complexity index is 562. The first-order valence-electron chi connectivity index (χ1n) is 7.31. The number of furan rings is 1. The molecule has 2 unspecified atom stereocenters. The number of rotatable bonds is 4. The Labute approximate surface area is 124 Å². The smallest absolute Gasteiger partial charge is 0.243 e. The summed E-state index contributed by atoms with van der Waals surface area (Å²) in [5, 5.41) is 10.6. The number of nitrogens with one attached hydrogen (secondary N) is 1. The summed E-state index contributed by atoms with van der Waals surface area (Å²) in [4.78, 5) is 0.121. The van der Waals surface area contributed by atoms with Crippen molar-refractivity contribution in [3.63, 3.8) is 0 Å². The molecule has 2 N–H and O–H groups in total. The molecule has 2 atom stereocenters. The van der Waals surface area contributed by atoms with Gasteiger partial charge in [-0.3, -0.25) is 0 Å². The predicted molar refractivity (Wildman–Crippen MR) is 75.1 cm³/mol. The highest BCUT2D eigenvalue weighted by atomic mass is 32.2. The molecule has 0 aromatic carbocycles. The molecule has 1 saturated heterocycles. The van der Waals surface area contributed by atoms with Gasteiger partial charge >= 0.3 is 0 Å². The Morgan fingerprint density at radius 2 is 2.10 bits per heavy atom. The maximum absolute atomic E-state index is 12.1. The van der Waals surface area contributed by atoms with Gasteiger partial charge in [-0.15, -0.1) is 0 Å². The molecule has 1 aromatic rings. The molecule has 2 fully saturated rings. The monoisotopic (exact) mass is 315 g/mol. The topological polar surface area (TPSA) is 88.8 Å². The third-order valence-electron chi connectivity index (χ3n) is 4.92. The van der Waals surface area contributed by atoms with Gasteiger partial charge in [0.1, 0.15) is 11.2 Å². The Morgan fingerprint density at radius 3 is 2.76 bits per heavy atom. The molecule has 0 radical (unpaired) electrons. The number of aliphatic hydroxyl groups is 1. The van der Waals surface area contributed by atoms with Gasteiger partial charge in [0, 0.05) is 25.2 Å². The van der Waals surface area contributed by atoms with Crippen LogP contribution < -0.4 is 4.72 Å². The molecule has 1 aliphatic heterocycles. The minimum absolute atomic E-state index is 0.0372. The highest BCUT2D eigenvalue weighted by molar-refractivity contribution is 7.89. The first-order chi connectivity index (χ1) is 10.0. The molecule has 1 aliphatic carbocycles. The maximum Gasteiger partial charge on any atom is 0.243 e. The quantitative estimate of drug-likeness (QED) is 0.869. The Hall–Kier alpha value is -0.890. The first kappa shape index (κ1) is 15.0. The van der Waals surface area contributed by atoms with Crippen molar-refractivity contribution >= 4 is 10.0 Å². The van der Waals surface area contributed by atoms with Crippen LogP contribution in [-0.4, -0.2) is 39.4 Å². The number of hydrogen-bond donors (Lipinski definition) is 2. The summed E-state index contributed by atoms with van der Waals surface area (Å²) in [5.74, 6) is -0.0372. The van der Waals surface area contributed by atoms with Crippen LogP contribution in [0, 0.1) is 11.3 Å². The fourth-order valence-corrected chi connectivity index (χ4v) is 4.54. The Balaban J connectivity index is 1.62. The molecule has 7 heteroatoms. The van der Waals surface area contributed by atoms with Crippen molar-refractivity contribution in [1.82, 2.24) is 4.72 Å². The van der Waals surface area contributed by atoms with Crippen molar-refractivity contribution in [2.45, 2.75) is 36.7 Å². The molecule has 2 aliphatic rings. The van der Waals surface area contributed by atoms with Gasteiger partial charge in [-0.2, -0.15) is 0 Å². The molecular weight excluding hydrogens is 294 g/mol. The van der Waals surface area contributed by atoms with Gasteiger partial charge in [-0.05, 0) is 37.7 Å². The van der Waals surface area contributed by atoms with E-state index in [4.69, 9.17) is 9.15 Å². The molecule has 3 rings (SSSR count). The average Bonchev–Trinajstić information content (AvgIpc) is 3.10. The van der Waals surface area contributed by atoms with E-state index in [0.29, 0.717) is 13.2 Å². The van der Waals surface area contributed by atoms with Gasteiger partial charge in [0.2, 0.25) is 10.0 Å². The van der Waals surface area contributed by atoms with Gasteiger partial charge in [-0.1, -0.05) is 0 Å². The van der Waals surface area contributed by atoms with Crippen molar-refractivity contribution in [1.29, 1.82) is 0 Å². The van der Waals surface area contributed by atoms with Crippen LogP contribution in [0.2, 0.25) is 0 Å². The normalized spacial score (nSPS) is 29.0. The van der Waals surface area contributed by atoms with Gasteiger partial charge in [0.05, 0.1) is 12.4 Å². The average molecular weight is 315 g/mol. The molecular formula is C14H21NO5S. The zero-order valence-corrected chi connectivity index (χ0v) is 12.6. The van der Waals surface area contributed by atoms with Crippen LogP contribution in [0.1, 0.15) is 25.7 Å². The highest BCUT2D eigenvalue weighted by Gasteiger charge is 2.48. The van der Waals surface area contributed by atoms with Crippen molar-refractivity contribution in [2.75, 3.05) is 19.8 Å². The van der Waals surface area contributed by atoms with Crippen molar-refractivity contribution in [2.24, 2.45) is 11.3 Å². The lowest BCUT2D eigenvalue weighted by molar-refractivity contribution is -0.0552. The summed E-state index contributed by atoms with van der Waals surface area (Å²) in [6, 6.07) is 1.41. The van der Waals surface area contributed by atoms with E-state index in [1.54, 1.807) is 0 Å². The van der Waals surface area contributed by atoms with Gasteiger partial charge in [0.15, 0.2) is 0 Å². The fourth-order valence-electron chi connectivity index (χ4n) is 3.52.